The zero-order valence-electron chi connectivity index (χ0n) is 11.3. The number of hydrogen-bond donors (Lipinski definition) is 2. The molecule has 0 radical (unpaired) electrons. The quantitative estimate of drug-likeness (QED) is 0.777. The molecule has 2 N–H and O–H groups in total. The Morgan fingerprint density at radius 1 is 1.50 bits per heavy atom. The van der Waals surface area contributed by atoms with Crippen LogP contribution in [0.15, 0.2) is 6.20 Å². The van der Waals surface area contributed by atoms with E-state index in [1.807, 2.05) is 0 Å². The predicted molar refractivity (Wildman–Crippen MR) is 72.8 cm³/mol. The molecule has 0 bridgehead atoms. The summed E-state index contributed by atoms with van der Waals surface area (Å²) in [5.41, 5.74) is 0.800. The molecule has 0 atom stereocenters. The number of nitrogens with zero attached hydrogens (tertiary/aromatic N) is 2. The number of anilines is 1. The van der Waals surface area contributed by atoms with Gasteiger partial charge in [0.15, 0.2) is 0 Å². The van der Waals surface area contributed by atoms with Gasteiger partial charge in [-0.15, -0.1) is 0 Å². The van der Waals surface area contributed by atoms with Crippen LogP contribution < -0.4 is 5.32 Å². The number of amides is 1. The molecule has 1 aromatic heterocycles. The first-order valence-corrected chi connectivity index (χ1v) is 7.95. The summed E-state index contributed by atoms with van der Waals surface area (Å²) >= 11 is 0. The van der Waals surface area contributed by atoms with E-state index in [4.69, 9.17) is 4.74 Å². The zero-order valence-corrected chi connectivity index (χ0v) is 12.1. The van der Waals surface area contributed by atoms with Crippen molar-refractivity contribution in [1.29, 1.82) is 0 Å². The van der Waals surface area contributed by atoms with Gasteiger partial charge in [-0.3, -0.25) is 9.89 Å². The van der Waals surface area contributed by atoms with E-state index in [9.17, 15) is 13.2 Å². The third-order valence-electron chi connectivity index (χ3n) is 3.04. The minimum Gasteiger partial charge on any atom is -0.379 e. The molecule has 8 nitrogen and oxygen atoms in total. The Balaban J connectivity index is 1.84. The van der Waals surface area contributed by atoms with Gasteiger partial charge in [-0.25, -0.2) is 8.42 Å². The largest absolute Gasteiger partial charge is 0.379 e. The number of nitrogens with one attached hydrogen (secondary N) is 2. The summed E-state index contributed by atoms with van der Waals surface area (Å²) in [6.45, 7) is 3.30. The maximum Gasteiger partial charge on any atom is 0.226 e. The van der Waals surface area contributed by atoms with Gasteiger partial charge in [-0.05, 0) is 6.92 Å². The van der Waals surface area contributed by atoms with Crippen molar-refractivity contribution in [3.63, 3.8) is 0 Å². The topological polar surface area (TPSA) is 104 Å². The molecule has 1 aliphatic rings. The van der Waals surface area contributed by atoms with Crippen LogP contribution >= 0.6 is 0 Å². The van der Waals surface area contributed by atoms with Crippen molar-refractivity contribution >= 4 is 21.7 Å². The fraction of sp³-hybridized carbons (Fsp3) is 0.636. The predicted octanol–water partition coefficient (Wildman–Crippen LogP) is -0.291. The minimum absolute atomic E-state index is 0.0852. The zero-order chi connectivity index (χ0) is 14.6. The Morgan fingerprint density at radius 3 is 2.80 bits per heavy atom. The first-order valence-electron chi connectivity index (χ1n) is 6.34. The third-order valence-corrected chi connectivity index (χ3v) is 4.92. The molecule has 1 saturated heterocycles. The Bertz CT molecular complexity index is 563. The van der Waals surface area contributed by atoms with E-state index < -0.39 is 10.0 Å². The molecular formula is C11H18N4O4S. The summed E-state index contributed by atoms with van der Waals surface area (Å²) in [6.07, 6.45) is 1.50. The third kappa shape index (κ3) is 3.78. The van der Waals surface area contributed by atoms with Crippen LogP contribution in [0.2, 0.25) is 0 Å². The maximum absolute atomic E-state index is 12.0. The van der Waals surface area contributed by atoms with Crippen molar-refractivity contribution in [3.05, 3.63) is 11.8 Å². The van der Waals surface area contributed by atoms with Gasteiger partial charge in [0.05, 0.1) is 25.2 Å². The van der Waals surface area contributed by atoms with E-state index in [0.29, 0.717) is 32.1 Å². The fourth-order valence-electron chi connectivity index (χ4n) is 1.85. The lowest BCUT2D eigenvalue weighted by atomic mass is 10.3. The highest BCUT2D eigenvalue weighted by atomic mass is 32.2. The molecule has 0 aliphatic carbocycles. The summed E-state index contributed by atoms with van der Waals surface area (Å²) in [4.78, 5) is 11.7. The number of sulfonamides is 1. The second-order valence-electron chi connectivity index (χ2n) is 4.55. The van der Waals surface area contributed by atoms with Crippen molar-refractivity contribution in [1.82, 2.24) is 14.5 Å². The number of aromatic nitrogens is 2. The lowest BCUT2D eigenvalue weighted by Crippen LogP contribution is -2.42. The second-order valence-corrected chi connectivity index (χ2v) is 6.64. The van der Waals surface area contributed by atoms with Crippen molar-refractivity contribution in [2.24, 2.45) is 0 Å². The first kappa shape index (κ1) is 14.9. The molecule has 2 heterocycles. The smallest absolute Gasteiger partial charge is 0.226 e. The van der Waals surface area contributed by atoms with E-state index in [1.54, 1.807) is 13.1 Å². The van der Waals surface area contributed by atoms with E-state index >= 15 is 0 Å². The van der Waals surface area contributed by atoms with Crippen molar-refractivity contribution in [3.8, 4) is 0 Å². The van der Waals surface area contributed by atoms with E-state index in [0.717, 1.165) is 5.56 Å². The molecule has 2 rings (SSSR count). The first-order chi connectivity index (χ1) is 9.49. The highest BCUT2D eigenvalue weighted by Gasteiger charge is 2.24. The number of aryl methyl sites for hydroxylation is 1. The van der Waals surface area contributed by atoms with Gasteiger partial charge in [-0.2, -0.15) is 9.40 Å². The van der Waals surface area contributed by atoms with Crippen molar-refractivity contribution in [2.45, 2.75) is 13.3 Å². The number of carbonyl (C=O) groups excluding carboxylic acids is 1. The van der Waals surface area contributed by atoms with Gasteiger partial charge >= 0.3 is 0 Å². The minimum atomic E-state index is -3.40. The Hall–Kier alpha value is -1.45. The SMILES string of the molecule is Cc1cn[nH]c1NC(=O)CCS(=O)(=O)N1CCOCC1. The van der Waals surface area contributed by atoms with Crippen LogP contribution in [0.3, 0.4) is 0 Å². The van der Waals surface area contributed by atoms with Crippen LogP contribution in [0.1, 0.15) is 12.0 Å². The highest BCUT2D eigenvalue weighted by Crippen LogP contribution is 2.10. The van der Waals surface area contributed by atoms with Crippen LogP contribution in [-0.2, 0) is 19.6 Å². The molecule has 112 valence electrons. The molecule has 0 spiro atoms. The van der Waals surface area contributed by atoms with Gasteiger partial charge in [0, 0.05) is 25.1 Å². The fourth-order valence-corrected chi connectivity index (χ4v) is 3.26. The second kappa shape index (κ2) is 6.33. The molecule has 1 aromatic rings. The normalized spacial score (nSPS) is 17.1. The Kier molecular flexibility index (Phi) is 4.73. The summed E-state index contributed by atoms with van der Waals surface area (Å²) in [5.74, 6) is -0.0561. The molecule has 0 saturated carbocycles. The number of rotatable bonds is 5. The lowest BCUT2D eigenvalue weighted by molar-refractivity contribution is -0.115. The van der Waals surface area contributed by atoms with E-state index in [1.165, 1.54) is 4.31 Å². The van der Waals surface area contributed by atoms with Crippen molar-refractivity contribution < 1.29 is 17.9 Å². The summed E-state index contributed by atoms with van der Waals surface area (Å²) in [7, 11) is -3.40. The molecule has 1 amide bonds. The summed E-state index contributed by atoms with van der Waals surface area (Å²) in [5, 5.41) is 9.02. The Morgan fingerprint density at radius 2 is 2.20 bits per heavy atom. The molecule has 0 unspecified atom stereocenters. The number of hydrogen-bond acceptors (Lipinski definition) is 5. The monoisotopic (exact) mass is 302 g/mol. The van der Waals surface area contributed by atoms with Crippen LogP contribution in [-0.4, -0.2) is 60.9 Å². The molecule has 1 aliphatic heterocycles. The van der Waals surface area contributed by atoms with Crippen LogP contribution in [0.5, 0.6) is 0 Å². The number of H-pyrrole nitrogens is 1. The highest BCUT2D eigenvalue weighted by molar-refractivity contribution is 7.89. The molecule has 20 heavy (non-hydrogen) atoms. The van der Waals surface area contributed by atoms with Gasteiger partial charge in [0.25, 0.3) is 0 Å². The lowest BCUT2D eigenvalue weighted by Gasteiger charge is -2.25. The summed E-state index contributed by atoms with van der Waals surface area (Å²) in [6, 6.07) is 0. The van der Waals surface area contributed by atoms with Crippen LogP contribution in [0, 0.1) is 6.92 Å². The summed E-state index contributed by atoms with van der Waals surface area (Å²) < 4.78 is 30.5. The average Bonchev–Trinajstić information content (AvgIpc) is 2.83. The maximum atomic E-state index is 12.0. The number of ether oxygens (including phenoxy) is 1. The average molecular weight is 302 g/mol. The van der Waals surface area contributed by atoms with Crippen LogP contribution in [0.4, 0.5) is 5.82 Å². The molecular weight excluding hydrogens is 284 g/mol. The van der Waals surface area contributed by atoms with Gasteiger partial charge in [-0.1, -0.05) is 0 Å². The van der Waals surface area contributed by atoms with Crippen molar-refractivity contribution in [2.75, 3.05) is 37.4 Å². The van der Waals surface area contributed by atoms with Crippen LogP contribution in [0.25, 0.3) is 0 Å². The van der Waals surface area contributed by atoms with Gasteiger partial charge < -0.3 is 10.1 Å². The molecule has 9 heteroatoms. The van der Waals surface area contributed by atoms with Gasteiger partial charge in [0.2, 0.25) is 15.9 Å². The molecule has 0 aromatic carbocycles. The number of aromatic amines is 1. The molecule has 1 fully saturated rings. The van der Waals surface area contributed by atoms with E-state index in [2.05, 4.69) is 15.5 Å². The Labute approximate surface area is 117 Å². The number of morpholine rings is 1. The standard InChI is InChI=1S/C11H18N4O4S/c1-9-8-12-14-11(9)13-10(16)2-7-20(17,18)15-3-5-19-6-4-15/h8H,2-7H2,1H3,(H2,12,13,14,16). The van der Waals surface area contributed by atoms with Gasteiger partial charge in [0.1, 0.15) is 5.82 Å². The number of carbonyl (C=O) groups is 1. The van der Waals surface area contributed by atoms with E-state index in [-0.39, 0.29) is 18.1 Å².